The first-order chi connectivity index (χ1) is 17.1. The Hall–Kier alpha value is -3.38. The van der Waals surface area contributed by atoms with Crippen molar-refractivity contribution in [3.8, 4) is 0 Å². The fourth-order valence-electron chi connectivity index (χ4n) is 4.33. The largest absolute Gasteiger partial charge is 0.276 e. The third-order valence-electron chi connectivity index (χ3n) is 6.12. The topological polar surface area (TPSA) is 143 Å². The molecule has 4 amide bonds. The van der Waals surface area contributed by atoms with Gasteiger partial charge in [-0.1, -0.05) is 49.9 Å². The highest BCUT2D eigenvalue weighted by atomic mass is 32.2. The van der Waals surface area contributed by atoms with Crippen LogP contribution in [0.2, 0.25) is 0 Å². The van der Waals surface area contributed by atoms with Gasteiger partial charge in [0.05, 0.1) is 11.1 Å². The van der Waals surface area contributed by atoms with Crippen molar-refractivity contribution in [2.75, 3.05) is 0 Å². The number of imide groups is 2. The van der Waals surface area contributed by atoms with Crippen LogP contribution >= 0.6 is 0 Å². The van der Waals surface area contributed by atoms with Crippen molar-refractivity contribution in [1.29, 1.82) is 0 Å². The van der Waals surface area contributed by atoms with Gasteiger partial charge in [0.1, 0.15) is 9.79 Å². The first kappa shape index (κ1) is 25.7. The average molecular weight is 533 g/mol. The number of fused-ring (bicyclic) bond motifs is 2. The van der Waals surface area contributed by atoms with E-state index in [1.807, 2.05) is 0 Å². The fraction of sp³-hybridized carbons (Fsp3) is 0.333. The molecular formula is C24H24N2O8S2. The van der Waals surface area contributed by atoms with E-state index in [4.69, 9.17) is 0 Å². The van der Waals surface area contributed by atoms with E-state index in [2.05, 4.69) is 0 Å². The van der Waals surface area contributed by atoms with Gasteiger partial charge in [-0.15, -0.1) is 0 Å². The monoisotopic (exact) mass is 532 g/mol. The SMILES string of the molecule is O=C(CCCCCCCCC(=O)N1C(=O)c2ccccc2S1(=O)=O)N1C(=O)c2ccccc2S1(=O)=O. The highest BCUT2D eigenvalue weighted by Crippen LogP contribution is 2.32. The average Bonchev–Trinajstić information content (AvgIpc) is 3.18. The molecule has 0 aliphatic carbocycles. The van der Waals surface area contributed by atoms with E-state index in [0.717, 1.165) is 0 Å². The van der Waals surface area contributed by atoms with Crippen LogP contribution in [0.4, 0.5) is 0 Å². The molecule has 0 N–H and O–H groups in total. The van der Waals surface area contributed by atoms with Gasteiger partial charge in [-0.05, 0) is 37.1 Å². The molecule has 0 saturated carbocycles. The lowest BCUT2D eigenvalue weighted by molar-refractivity contribution is -0.125. The van der Waals surface area contributed by atoms with Crippen molar-refractivity contribution in [1.82, 2.24) is 8.61 Å². The van der Waals surface area contributed by atoms with Gasteiger partial charge in [-0.2, -0.15) is 8.61 Å². The molecule has 0 spiro atoms. The molecule has 190 valence electrons. The predicted molar refractivity (Wildman–Crippen MR) is 127 cm³/mol. The molecule has 12 heteroatoms. The van der Waals surface area contributed by atoms with Crippen LogP contribution in [0.3, 0.4) is 0 Å². The quantitative estimate of drug-likeness (QED) is 0.449. The first-order valence-electron chi connectivity index (χ1n) is 11.5. The van der Waals surface area contributed by atoms with E-state index in [1.54, 1.807) is 0 Å². The highest BCUT2D eigenvalue weighted by molar-refractivity contribution is 7.91. The number of benzene rings is 2. The van der Waals surface area contributed by atoms with Crippen LogP contribution in [0.15, 0.2) is 58.3 Å². The van der Waals surface area contributed by atoms with Crippen molar-refractivity contribution in [2.45, 2.75) is 61.2 Å². The first-order valence-corrected chi connectivity index (χ1v) is 14.4. The summed E-state index contributed by atoms with van der Waals surface area (Å²) < 4.78 is 50.7. The standard InChI is InChI=1S/C24H24N2O8S2/c27-21(25-23(29)17-11-7-9-13-19(17)35(25,31)32)15-5-3-1-2-4-6-16-22(28)26-24(30)18-12-8-10-14-20(18)36(26,33)34/h7-14H,1-6,15-16H2. The van der Waals surface area contributed by atoms with Gasteiger partial charge in [0.25, 0.3) is 31.9 Å². The summed E-state index contributed by atoms with van der Waals surface area (Å²) in [5, 5.41) is 0. The van der Waals surface area contributed by atoms with Crippen molar-refractivity contribution >= 4 is 43.7 Å². The molecule has 2 aliphatic rings. The van der Waals surface area contributed by atoms with Crippen LogP contribution in [0.1, 0.15) is 72.1 Å². The molecule has 2 aromatic rings. The Kier molecular flexibility index (Phi) is 7.10. The second-order valence-electron chi connectivity index (χ2n) is 8.55. The Morgan fingerprint density at radius 1 is 0.556 bits per heavy atom. The maximum absolute atomic E-state index is 12.5. The number of hydrogen-bond acceptors (Lipinski definition) is 8. The van der Waals surface area contributed by atoms with Crippen molar-refractivity contribution < 1.29 is 36.0 Å². The van der Waals surface area contributed by atoms with Gasteiger partial charge in [-0.3, -0.25) is 19.2 Å². The zero-order valence-corrected chi connectivity index (χ0v) is 20.9. The molecule has 0 radical (unpaired) electrons. The van der Waals surface area contributed by atoms with Crippen LogP contribution < -0.4 is 0 Å². The second-order valence-corrected chi connectivity index (χ2v) is 12.1. The summed E-state index contributed by atoms with van der Waals surface area (Å²) in [5.74, 6) is -3.19. The van der Waals surface area contributed by atoms with Crippen molar-refractivity contribution in [3.63, 3.8) is 0 Å². The Labute approximate surface area is 209 Å². The van der Waals surface area contributed by atoms with Crippen LogP contribution in [0.5, 0.6) is 0 Å². The molecule has 0 bridgehead atoms. The fourth-order valence-corrected chi connectivity index (χ4v) is 7.44. The highest BCUT2D eigenvalue weighted by Gasteiger charge is 2.45. The number of sulfonamides is 2. The lowest BCUT2D eigenvalue weighted by atomic mass is 10.1. The third kappa shape index (κ3) is 4.46. The van der Waals surface area contributed by atoms with Gasteiger partial charge >= 0.3 is 0 Å². The molecule has 36 heavy (non-hydrogen) atoms. The minimum atomic E-state index is -4.16. The molecule has 2 heterocycles. The molecule has 2 aromatic carbocycles. The smallest absolute Gasteiger partial charge is 0.273 e. The number of unbranched alkanes of at least 4 members (excludes halogenated alkanes) is 5. The van der Waals surface area contributed by atoms with Crippen LogP contribution in [0, 0.1) is 0 Å². The lowest BCUT2D eigenvalue weighted by Gasteiger charge is -2.13. The van der Waals surface area contributed by atoms with Gasteiger partial charge in [0.15, 0.2) is 0 Å². The molecule has 4 rings (SSSR count). The summed E-state index contributed by atoms with van der Waals surface area (Å²) in [7, 11) is -8.33. The molecule has 0 fully saturated rings. The Morgan fingerprint density at radius 3 is 1.25 bits per heavy atom. The summed E-state index contributed by atoms with van der Waals surface area (Å²) in [6.45, 7) is 0. The van der Waals surface area contributed by atoms with Gasteiger partial charge < -0.3 is 0 Å². The third-order valence-corrected chi connectivity index (χ3v) is 9.65. The molecule has 0 atom stereocenters. The number of carbonyl (C=O) groups excluding carboxylic acids is 4. The summed E-state index contributed by atoms with van der Waals surface area (Å²) in [6, 6.07) is 11.4. The van der Waals surface area contributed by atoms with E-state index in [-0.39, 0.29) is 33.8 Å². The Balaban J connectivity index is 1.17. The van der Waals surface area contributed by atoms with E-state index >= 15 is 0 Å². The van der Waals surface area contributed by atoms with Gasteiger partial charge in [0.2, 0.25) is 11.8 Å². The normalized spacial score (nSPS) is 17.2. The molecule has 10 nitrogen and oxygen atoms in total. The summed E-state index contributed by atoms with van der Waals surface area (Å²) in [4.78, 5) is 49.3. The van der Waals surface area contributed by atoms with Crippen LogP contribution in [-0.2, 0) is 29.6 Å². The minimum absolute atomic E-state index is 0.00675. The summed E-state index contributed by atoms with van der Waals surface area (Å²) in [6.07, 6.45) is 3.24. The molecular weight excluding hydrogens is 508 g/mol. The summed E-state index contributed by atoms with van der Waals surface area (Å²) in [5.41, 5.74) is -0.0135. The van der Waals surface area contributed by atoms with E-state index in [1.165, 1.54) is 48.5 Å². The maximum Gasteiger partial charge on any atom is 0.276 e. The second kappa shape index (κ2) is 9.94. The maximum atomic E-state index is 12.5. The molecule has 0 aromatic heterocycles. The van der Waals surface area contributed by atoms with E-state index < -0.39 is 43.7 Å². The van der Waals surface area contributed by atoms with Crippen LogP contribution in [0.25, 0.3) is 0 Å². The number of hydrogen-bond donors (Lipinski definition) is 0. The minimum Gasteiger partial charge on any atom is -0.273 e. The number of amides is 4. The molecule has 0 unspecified atom stereocenters. The predicted octanol–water partition coefficient (Wildman–Crippen LogP) is 2.85. The summed E-state index contributed by atoms with van der Waals surface area (Å²) >= 11 is 0. The number of nitrogens with zero attached hydrogens (tertiary/aromatic N) is 2. The Morgan fingerprint density at radius 2 is 0.889 bits per heavy atom. The van der Waals surface area contributed by atoms with Crippen molar-refractivity contribution in [2.24, 2.45) is 0 Å². The molecule has 2 aliphatic heterocycles. The van der Waals surface area contributed by atoms with E-state index in [9.17, 15) is 36.0 Å². The zero-order valence-electron chi connectivity index (χ0n) is 19.3. The van der Waals surface area contributed by atoms with Crippen LogP contribution in [-0.4, -0.2) is 49.1 Å². The lowest BCUT2D eigenvalue weighted by Crippen LogP contribution is -2.36. The van der Waals surface area contributed by atoms with Crippen molar-refractivity contribution in [3.05, 3.63) is 59.7 Å². The van der Waals surface area contributed by atoms with E-state index in [0.29, 0.717) is 47.1 Å². The van der Waals surface area contributed by atoms with Gasteiger partial charge in [0, 0.05) is 12.8 Å². The molecule has 0 saturated heterocycles. The number of rotatable bonds is 9. The number of carbonyl (C=O) groups is 4. The zero-order chi connectivity index (χ0) is 26.1. The Bertz CT molecular complexity index is 1350. The van der Waals surface area contributed by atoms with Gasteiger partial charge in [-0.25, -0.2) is 16.8 Å².